The van der Waals surface area contributed by atoms with E-state index in [1.807, 2.05) is 12.1 Å². The molecule has 1 rings (SSSR count). The van der Waals surface area contributed by atoms with Gasteiger partial charge in [0.1, 0.15) is 5.75 Å². The number of benzene rings is 1. The minimum atomic E-state index is 0.748. The first-order valence-corrected chi connectivity index (χ1v) is 7.46. The molecule has 0 radical (unpaired) electrons. The topological polar surface area (TPSA) is 30.5 Å². The molecule has 0 atom stereocenters. The van der Waals surface area contributed by atoms with Crippen LogP contribution in [0.25, 0.3) is 6.08 Å². The van der Waals surface area contributed by atoms with Crippen LogP contribution in [0.5, 0.6) is 5.75 Å². The zero-order chi connectivity index (χ0) is 14.5. The van der Waals surface area contributed by atoms with Gasteiger partial charge < -0.3 is 14.8 Å². The highest BCUT2D eigenvalue weighted by atomic mass is 16.5. The van der Waals surface area contributed by atoms with Gasteiger partial charge in [-0.05, 0) is 24.1 Å². The number of rotatable bonds is 11. The Hall–Kier alpha value is -1.32. The van der Waals surface area contributed by atoms with Crippen LogP contribution < -0.4 is 10.1 Å². The monoisotopic (exact) mass is 277 g/mol. The maximum absolute atomic E-state index is 5.68. The second-order valence-electron chi connectivity index (χ2n) is 4.72. The molecule has 0 aliphatic heterocycles. The second kappa shape index (κ2) is 11.5. The maximum atomic E-state index is 5.68. The van der Waals surface area contributed by atoms with E-state index in [-0.39, 0.29) is 0 Å². The van der Waals surface area contributed by atoms with E-state index in [1.165, 1.54) is 18.4 Å². The Labute approximate surface area is 123 Å². The van der Waals surface area contributed by atoms with Crippen LogP contribution >= 0.6 is 0 Å². The van der Waals surface area contributed by atoms with Crippen LogP contribution in [0, 0.1) is 0 Å². The summed E-state index contributed by atoms with van der Waals surface area (Å²) in [6.45, 7) is 5.50. The van der Waals surface area contributed by atoms with E-state index in [1.54, 1.807) is 7.11 Å². The minimum absolute atomic E-state index is 0.748. The van der Waals surface area contributed by atoms with Crippen LogP contribution in [-0.2, 0) is 4.74 Å². The first-order chi connectivity index (χ1) is 9.86. The molecule has 0 aromatic heterocycles. The lowest BCUT2D eigenvalue weighted by molar-refractivity contribution is 0.200. The van der Waals surface area contributed by atoms with Crippen LogP contribution in [0.15, 0.2) is 30.3 Å². The van der Waals surface area contributed by atoms with E-state index in [0.717, 1.165) is 38.5 Å². The Morgan fingerprint density at radius 1 is 1.10 bits per heavy atom. The summed E-state index contributed by atoms with van der Waals surface area (Å²) in [6, 6.07) is 8.23. The largest absolute Gasteiger partial charge is 0.494 e. The average Bonchev–Trinajstić information content (AvgIpc) is 2.49. The van der Waals surface area contributed by atoms with Crippen molar-refractivity contribution in [2.45, 2.75) is 26.2 Å². The summed E-state index contributed by atoms with van der Waals surface area (Å²) in [4.78, 5) is 0. The zero-order valence-electron chi connectivity index (χ0n) is 12.7. The molecule has 0 unspecified atom stereocenters. The number of hydrogen-bond acceptors (Lipinski definition) is 3. The van der Waals surface area contributed by atoms with Gasteiger partial charge in [-0.3, -0.25) is 0 Å². The van der Waals surface area contributed by atoms with Gasteiger partial charge in [-0.2, -0.15) is 0 Å². The molecule has 0 saturated heterocycles. The maximum Gasteiger partial charge on any atom is 0.119 e. The quantitative estimate of drug-likeness (QED) is 0.628. The summed E-state index contributed by atoms with van der Waals surface area (Å²) in [5, 5.41) is 3.27. The van der Waals surface area contributed by atoms with Gasteiger partial charge in [0.25, 0.3) is 0 Å². The molecule has 1 aromatic carbocycles. The molecule has 0 amide bonds. The summed E-state index contributed by atoms with van der Waals surface area (Å²) < 4.78 is 10.6. The Morgan fingerprint density at radius 3 is 2.60 bits per heavy atom. The van der Waals surface area contributed by atoms with Crippen molar-refractivity contribution < 1.29 is 9.47 Å². The van der Waals surface area contributed by atoms with Gasteiger partial charge in [-0.25, -0.2) is 0 Å². The van der Waals surface area contributed by atoms with Gasteiger partial charge in [0, 0.05) is 20.2 Å². The number of hydrogen-bond donors (Lipinski definition) is 1. The van der Waals surface area contributed by atoms with Crippen molar-refractivity contribution in [1.82, 2.24) is 5.32 Å². The summed E-state index contributed by atoms with van der Waals surface area (Å²) in [6.07, 6.45) is 7.82. The molecule has 112 valence electrons. The van der Waals surface area contributed by atoms with Crippen molar-refractivity contribution in [2.24, 2.45) is 0 Å². The first-order valence-electron chi connectivity index (χ1n) is 7.46. The third kappa shape index (κ3) is 7.97. The third-order valence-corrected chi connectivity index (χ3v) is 2.95. The van der Waals surface area contributed by atoms with Crippen LogP contribution in [0.3, 0.4) is 0 Å². The van der Waals surface area contributed by atoms with Crippen molar-refractivity contribution in [3.8, 4) is 5.75 Å². The summed E-state index contributed by atoms with van der Waals surface area (Å²) in [7, 11) is 1.71. The van der Waals surface area contributed by atoms with E-state index in [2.05, 4.69) is 36.5 Å². The molecule has 3 nitrogen and oxygen atoms in total. The van der Waals surface area contributed by atoms with Gasteiger partial charge >= 0.3 is 0 Å². The van der Waals surface area contributed by atoms with Gasteiger partial charge in [0.15, 0.2) is 0 Å². The molecule has 0 saturated carbocycles. The number of unbranched alkanes of at least 4 members (excludes halogenated alkanes) is 2. The summed E-state index contributed by atoms with van der Waals surface area (Å²) in [5.74, 6) is 0.955. The van der Waals surface area contributed by atoms with E-state index in [9.17, 15) is 0 Å². The fourth-order valence-electron chi connectivity index (χ4n) is 1.77. The fourth-order valence-corrected chi connectivity index (χ4v) is 1.77. The lowest BCUT2D eigenvalue weighted by Crippen LogP contribution is -2.18. The SMILES string of the molecule is CCCCCOc1ccc(C=CCNCCOC)cc1. The molecule has 0 fully saturated rings. The number of ether oxygens (including phenoxy) is 2. The highest BCUT2D eigenvalue weighted by Gasteiger charge is 1.93. The molecule has 3 heteroatoms. The lowest BCUT2D eigenvalue weighted by Gasteiger charge is -2.05. The molecular formula is C17H27NO2. The van der Waals surface area contributed by atoms with E-state index >= 15 is 0 Å². The molecule has 0 spiro atoms. The normalized spacial score (nSPS) is 11.1. The Balaban J connectivity index is 2.22. The summed E-state index contributed by atoms with van der Waals surface area (Å²) >= 11 is 0. The fraction of sp³-hybridized carbons (Fsp3) is 0.529. The van der Waals surface area contributed by atoms with Crippen LogP contribution in [-0.4, -0.2) is 33.4 Å². The highest BCUT2D eigenvalue weighted by molar-refractivity contribution is 5.50. The van der Waals surface area contributed by atoms with Crippen molar-refractivity contribution in [3.63, 3.8) is 0 Å². The lowest BCUT2D eigenvalue weighted by atomic mass is 10.2. The van der Waals surface area contributed by atoms with Crippen LogP contribution in [0.1, 0.15) is 31.7 Å². The van der Waals surface area contributed by atoms with Gasteiger partial charge in [0.2, 0.25) is 0 Å². The van der Waals surface area contributed by atoms with Crippen molar-refractivity contribution >= 4 is 6.08 Å². The van der Waals surface area contributed by atoms with E-state index in [0.29, 0.717) is 0 Å². The minimum Gasteiger partial charge on any atom is -0.494 e. The Bertz CT molecular complexity index is 360. The average molecular weight is 277 g/mol. The molecular weight excluding hydrogens is 250 g/mol. The molecule has 0 aliphatic rings. The first kappa shape index (κ1) is 16.7. The van der Waals surface area contributed by atoms with E-state index < -0.39 is 0 Å². The van der Waals surface area contributed by atoms with Gasteiger partial charge in [-0.1, -0.05) is 44.1 Å². The molecule has 0 bridgehead atoms. The second-order valence-corrected chi connectivity index (χ2v) is 4.72. The highest BCUT2D eigenvalue weighted by Crippen LogP contribution is 2.13. The predicted molar refractivity (Wildman–Crippen MR) is 85.2 cm³/mol. The standard InChI is InChI=1S/C17H27NO2/c1-3-4-5-14-20-17-10-8-16(9-11-17)7-6-12-18-13-15-19-2/h6-11,18H,3-5,12-15H2,1-2H3. The molecule has 1 N–H and O–H groups in total. The van der Waals surface area contributed by atoms with Crippen LogP contribution in [0.2, 0.25) is 0 Å². The number of nitrogens with one attached hydrogen (secondary N) is 1. The van der Waals surface area contributed by atoms with Crippen LogP contribution in [0.4, 0.5) is 0 Å². The molecule has 0 aliphatic carbocycles. The Morgan fingerprint density at radius 2 is 1.90 bits per heavy atom. The summed E-state index contributed by atoms with van der Waals surface area (Å²) in [5.41, 5.74) is 1.19. The van der Waals surface area contributed by atoms with E-state index in [4.69, 9.17) is 9.47 Å². The predicted octanol–water partition coefficient (Wildman–Crippen LogP) is 3.50. The third-order valence-electron chi connectivity index (χ3n) is 2.95. The van der Waals surface area contributed by atoms with Gasteiger partial charge in [-0.15, -0.1) is 0 Å². The van der Waals surface area contributed by atoms with Crippen molar-refractivity contribution in [1.29, 1.82) is 0 Å². The molecule has 0 heterocycles. The zero-order valence-corrected chi connectivity index (χ0v) is 12.7. The number of methoxy groups -OCH3 is 1. The molecule has 20 heavy (non-hydrogen) atoms. The van der Waals surface area contributed by atoms with Gasteiger partial charge in [0.05, 0.1) is 13.2 Å². The van der Waals surface area contributed by atoms with Crippen molar-refractivity contribution in [3.05, 3.63) is 35.9 Å². The smallest absolute Gasteiger partial charge is 0.119 e. The molecule has 1 aromatic rings. The van der Waals surface area contributed by atoms with Crippen molar-refractivity contribution in [2.75, 3.05) is 33.4 Å². The Kier molecular flexibility index (Phi) is 9.62.